The summed E-state index contributed by atoms with van der Waals surface area (Å²) >= 11 is 0. The lowest BCUT2D eigenvalue weighted by molar-refractivity contribution is -0.113. The summed E-state index contributed by atoms with van der Waals surface area (Å²) in [7, 11) is 0. The standard InChI is InChI=1S/2C9H16O/c2*1-3-4-5-6-7-8-9(2)10/h2*7-8H,3-6H2,1-2H3. The Labute approximate surface area is 125 Å². The fourth-order valence-corrected chi connectivity index (χ4v) is 1.52. The first-order valence-electron chi connectivity index (χ1n) is 7.88. The smallest absolute Gasteiger partial charge is 0.152 e. The monoisotopic (exact) mass is 280 g/mol. The van der Waals surface area contributed by atoms with Gasteiger partial charge in [0.15, 0.2) is 11.6 Å². The van der Waals surface area contributed by atoms with E-state index in [9.17, 15) is 9.59 Å². The molecule has 0 aromatic heterocycles. The predicted molar refractivity (Wildman–Crippen MR) is 87.9 cm³/mol. The maximum atomic E-state index is 10.4. The summed E-state index contributed by atoms with van der Waals surface area (Å²) < 4.78 is 0. The fourth-order valence-electron chi connectivity index (χ4n) is 1.52. The van der Waals surface area contributed by atoms with E-state index in [0.29, 0.717) is 0 Å². The largest absolute Gasteiger partial charge is 0.295 e. The first-order chi connectivity index (χ1) is 9.54. The third-order valence-electron chi connectivity index (χ3n) is 2.65. The number of allylic oxidation sites excluding steroid dienone is 4. The zero-order valence-corrected chi connectivity index (χ0v) is 13.8. The first kappa shape index (κ1) is 21.1. The average molecular weight is 280 g/mol. The molecule has 0 N–H and O–H groups in total. The summed E-state index contributed by atoms with van der Waals surface area (Å²) in [5.74, 6) is 0.299. The molecule has 0 saturated heterocycles. The van der Waals surface area contributed by atoms with Crippen LogP contribution in [0.1, 0.15) is 79.1 Å². The Morgan fingerprint density at radius 2 is 1.05 bits per heavy atom. The molecule has 0 rings (SSSR count). The van der Waals surface area contributed by atoms with E-state index in [2.05, 4.69) is 13.8 Å². The third-order valence-corrected chi connectivity index (χ3v) is 2.65. The second-order valence-electron chi connectivity index (χ2n) is 5.02. The van der Waals surface area contributed by atoms with Crippen LogP contribution >= 0.6 is 0 Å². The molecule has 20 heavy (non-hydrogen) atoms. The minimum Gasteiger partial charge on any atom is -0.295 e. The van der Waals surface area contributed by atoms with Crippen LogP contribution in [0.3, 0.4) is 0 Å². The molecule has 0 aliphatic rings. The van der Waals surface area contributed by atoms with Gasteiger partial charge in [-0.15, -0.1) is 0 Å². The van der Waals surface area contributed by atoms with Crippen LogP contribution in [0.2, 0.25) is 0 Å². The minimum absolute atomic E-state index is 0.150. The molecule has 0 aliphatic heterocycles. The number of unbranched alkanes of at least 4 members (excludes halogenated alkanes) is 6. The zero-order valence-electron chi connectivity index (χ0n) is 13.8. The molecule has 2 nitrogen and oxygen atoms in total. The van der Waals surface area contributed by atoms with E-state index in [1.165, 1.54) is 38.5 Å². The molecule has 0 saturated carbocycles. The summed E-state index contributed by atoms with van der Waals surface area (Å²) in [4.78, 5) is 20.8. The second kappa shape index (κ2) is 17.8. The number of carbonyl (C=O) groups excluding carboxylic acids is 2. The van der Waals surface area contributed by atoms with Gasteiger partial charge in [0.2, 0.25) is 0 Å². The summed E-state index contributed by atoms with van der Waals surface area (Å²) in [6.07, 6.45) is 16.7. The van der Waals surface area contributed by atoms with Gasteiger partial charge in [-0.2, -0.15) is 0 Å². The van der Waals surface area contributed by atoms with Crippen molar-refractivity contribution in [2.75, 3.05) is 0 Å². The van der Waals surface area contributed by atoms with Crippen molar-refractivity contribution in [1.82, 2.24) is 0 Å². The Morgan fingerprint density at radius 3 is 1.30 bits per heavy atom. The van der Waals surface area contributed by atoms with Crippen LogP contribution < -0.4 is 0 Å². The van der Waals surface area contributed by atoms with E-state index in [1.807, 2.05) is 12.2 Å². The summed E-state index contributed by atoms with van der Waals surface area (Å²) in [6.45, 7) is 7.51. The van der Waals surface area contributed by atoms with Gasteiger partial charge in [0.25, 0.3) is 0 Å². The molecular weight excluding hydrogens is 248 g/mol. The number of ketones is 2. The number of rotatable bonds is 10. The van der Waals surface area contributed by atoms with Gasteiger partial charge in [0, 0.05) is 0 Å². The van der Waals surface area contributed by atoms with E-state index < -0.39 is 0 Å². The van der Waals surface area contributed by atoms with Crippen molar-refractivity contribution in [2.45, 2.75) is 79.1 Å². The lowest BCUT2D eigenvalue weighted by atomic mass is 10.2. The SMILES string of the molecule is CCCCCC=CC(C)=O.CCCCCC=CC(C)=O. The molecule has 0 spiro atoms. The molecule has 0 unspecified atom stereocenters. The highest BCUT2D eigenvalue weighted by molar-refractivity contribution is 5.87. The van der Waals surface area contributed by atoms with Gasteiger partial charge in [0.05, 0.1) is 0 Å². The van der Waals surface area contributed by atoms with Crippen LogP contribution in [0.5, 0.6) is 0 Å². The highest BCUT2D eigenvalue weighted by Crippen LogP contribution is 1.99. The van der Waals surface area contributed by atoms with Gasteiger partial charge in [-0.3, -0.25) is 9.59 Å². The molecule has 0 aliphatic carbocycles. The molecule has 0 aromatic rings. The summed E-state index contributed by atoms with van der Waals surface area (Å²) in [6, 6.07) is 0. The Kier molecular flexibility index (Phi) is 18.8. The van der Waals surface area contributed by atoms with Crippen molar-refractivity contribution < 1.29 is 9.59 Å². The predicted octanol–water partition coefficient (Wildman–Crippen LogP) is 5.42. The third kappa shape index (κ3) is 25.6. The molecule has 0 aromatic carbocycles. The van der Waals surface area contributed by atoms with Gasteiger partial charge in [-0.1, -0.05) is 51.7 Å². The van der Waals surface area contributed by atoms with Crippen LogP contribution in [0, 0.1) is 0 Å². The minimum atomic E-state index is 0.150. The Morgan fingerprint density at radius 1 is 0.700 bits per heavy atom. The van der Waals surface area contributed by atoms with Crippen LogP contribution in [0.25, 0.3) is 0 Å². The van der Waals surface area contributed by atoms with Crippen molar-refractivity contribution in [1.29, 1.82) is 0 Å². The molecule has 116 valence electrons. The van der Waals surface area contributed by atoms with Crippen molar-refractivity contribution in [3.05, 3.63) is 24.3 Å². The summed E-state index contributed by atoms with van der Waals surface area (Å²) in [5, 5.41) is 0. The lowest BCUT2D eigenvalue weighted by Crippen LogP contribution is -1.79. The first-order valence-corrected chi connectivity index (χ1v) is 7.88. The van der Waals surface area contributed by atoms with Gasteiger partial charge < -0.3 is 0 Å². The van der Waals surface area contributed by atoms with Gasteiger partial charge in [0.1, 0.15) is 0 Å². The highest BCUT2D eigenvalue weighted by atomic mass is 16.1. The van der Waals surface area contributed by atoms with Crippen LogP contribution in [-0.4, -0.2) is 11.6 Å². The Hall–Kier alpha value is -1.18. The molecule has 0 radical (unpaired) electrons. The van der Waals surface area contributed by atoms with Gasteiger partial charge in [-0.25, -0.2) is 0 Å². The van der Waals surface area contributed by atoms with Crippen LogP contribution in [-0.2, 0) is 9.59 Å². The van der Waals surface area contributed by atoms with Crippen LogP contribution in [0.15, 0.2) is 24.3 Å². The maximum Gasteiger partial charge on any atom is 0.152 e. The summed E-state index contributed by atoms with van der Waals surface area (Å²) in [5.41, 5.74) is 0. The Bertz CT molecular complexity index is 258. The van der Waals surface area contributed by atoms with E-state index in [-0.39, 0.29) is 11.6 Å². The van der Waals surface area contributed by atoms with Gasteiger partial charge in [-0.05, 0) is 51.7 Å². The van der Waals surface area contributed by atoms with Crippen molar-refractivity contribution >= 4 is 11.6 Å². The molecule has 0 fully saturated rings. The zero-order chi connectivity index (χ0) is 15.6. The van der Waals surface area contributed by atoms with Crippen molar-refractivity contribution in [3.63, 3.8) is 0 Å². The normalized spacial score (nSPS) is 10.6. The molecule has 0 amide bonds. The lowest BCUT2D eigenvalue weighted by Gasteiger charge is -1.89. The number of carbonyl (C=O) groups is 2. The van der Waals surface area contributed by atoms with Crippen molar-refractivity contribution in [3.8, 4) is 0 Å². The van der Waals surface area contributed by atoms with Gasteiger partial charge >= 0.3 is 0 Å². The number of hydrogen-bond acceptors (Lipinski definition) is 2. The topological polar surface area (TPSA) is 34.1 Å². The molecular formula is C18H32O2. The fraction of sp³-hybridized carbons (Fsp3) is 0.667. The van der Waals surface area contributed by atoms with E-state index >= 15 is 0 Å². The van der Waals surface area contributed by atoms with E-state index in [1.54, 1.807) is 26.0 Å². The molecule has 0 heterocycles. The average Bonchev–Trinajstić information content (AvgIpc) is 2.38. The molecule has 0 atom stereocenters. The van der Waals surface area contributed by atoms with Crippen molar-refractivity contribution in [2.24, 2.45) is 0 Å². The van der Waals surface area contributed by atoms with E-state index in [4.69, 9.17) is 0 Å². The second-order valence-corrected chi connectivity index (χ2v) is 5.02. The highest BCUT2D eigenvalue weighted by Gasteiger charge is 1.83. The van der Waals surface area contributed by atoms with Crippen LogP contribution in [0.4, 0.5) is 0 Å². The van der Waals surface area contributed by atoms with E-state index in [0.717, 1.165) is 12.8 Å². The maximum absolute atomic E-state index is 10.4. The molecule has 0 bridgehead atoms. The molecule has 2 heteroatoms. The number of hydrogen-bond donors (Lipinski definition) is 0. The Balaban J connectivity index is 0. The quantitative estimate of drug-likeness (QED) is 0.395.